The summed E-state index contributed by atoms with van der Waals surface area (Å²) in [6, 6.07) is 19.4. The van der Waals surface area contributed by atoms with Gasteiger partial charge < -0.3 is 15.4 Å². The summed E-state index contributed by atoms with van der Waals surface area (Å²) < 4.78 is 5.25. The predicted molar refractivity (Wildman–Crippen MR) is 118 cm³/mol. The maximum Gasteiger partial charge on any atom is 0.255 e. The van der Waals surface area contributed by atoms with Gasteiger partial charge in [0.05, 0.1) is 7.11 Å². The van der Waals surface area contributed by atoms with Gasteiger partial charge in [-0.25, -0.2) is 4.98 Å². The summed E-state index contributed by atoms with van der Waals surface area (Å²) in [7, 11) is 1.66. The van der Waals surface area contributed by atoms with Crippen LogP contribution in [0.5, 0.6) is 5.75 Å². The number of hydrogen-bond acceptors (Lipinski definition) is 4. The van der Waals surface area contributed by atoms with Gasteiger partial charge in [0.25, 0.3) is 5.91 Å². The molecule has 0 bridgehead atoms. The number of carbonyl (C=O) groups excluding carboxylic acids is 1. The van der Waals surface area contributed by atoms with Gasteiger partial charge in [0.2, 0.25) is 0 Å². The number of rotatable bonds is 8. The number of ether oxygens (including phenoxy) is 1. The Labute approximate surface area is 172 Å². The summed E-state index contributed by atoms with van der Waals surface area (Å²) in [5.41, 5.74) is 3.77. The molecule has 0 aliphatic heterocycles. The second kappa shape index (κ2) is 9.73. The van der Waals surface area contributed by atoms with Crippen LogP contribution in [0.15, 0.2) is 66.9 Å². The van der Waals surface area contributed by atoms with Crippen molar-refractivity contribution in [1.82, 2.24) is 4.98 Å². The Morgan fingerprint density at radius 3 is 2.59 bits per heavy atom. The number of aromatic nitrogens is 1. The van der Waals surface area contributed by atoms with E-state index in [0.717, 1.165) is 17.9 Å². The second-order valence-electron chi connectivity index (χ2n) is 7.19. The molecule has 1 amide bonds. The summed E-state index contributed by atoms with van der Waals surface area (Å²) in [6.07, 6.45) is 2.47. The third-order valence-corrected chi connectivity index (χ3v) is 4.71. The van der Waals surface area contributed by atoms with Crippen LogP contribution in [0.1, 0.15) is 41.3 Å². The SMILES string of the molecule is COc1cccc(CCNc2cc(C(=O)Nc3ccc(C(C)C)cc3)ccn2)c1. The third kappa shape index (κ3) is 5.82. The highest BCUT2D eigenvalue weighted by Gasteiger charge is 2.08. The van der Waals surface area contributed by atoms with Crippen LogP contribution in [-0.2, 0) is 6.42 Å². The highest BCUT2D eigenvalue weighted by Crippen LogP contribution is 2.18. The first kappa shape index (κ1) is 20.4. The number of amides is 1. The van der Waals surface area contributed by atoms with E-state index in [1.165, 1.54) is 11.1 Å². The van der Waals surface area contributed by atoms with Crippen LogP contribution in [0.2, 0.25) is 0 Å². The van der Waals surface area contributed by atoms with Crippen molar-refractivity contribution in [2.45, 2.75) is 26.2 Å². The molecule has 0 atom stereocenters. The first-order chi connectivity index (χ1) is 14.0. The van der Waals surface area contributed by atoms with Gasteiger partial charge in [0.15, 0.2) is 0 Å². The minimum atomic E-state index is -0.152. The van der Waals surface area contributed by atoms with E-state index in [-0.39, 0.29) is 5.91 Å². The molecule has 1 heterocycles. The summed E-state index contributed by atoms with van der Waals surface area (Å²) in [6.45, 7) is 5.00. The first-order valence-electron chi connectivity index (χ1n) is 9.79. The van der Waals surface area contributed by atoms with E-state index < -0.39 is 0 Å². The average Bonchev–Trinajstić information content (AvgIpc) is 2.74. The zero-order valence-electron chi connectivity index (χ0n) is 17.1. The van der Waals surface area contributed by atoms with E-state index in [1.54, 1.807) is 25.4 Å². The van der Waals surface area contributed by atoms with E-state index in [9.17, 15) is 4.79 Å². The molecule has 5 heteroatoms. The lowest BCUT2D eigenvalue weighted by Gasteiger charge is -2.10. The number of pyridine rings is 1. The number of nitrogens with one attached hydrogen (secondary N) is 2. The van der Waals surface area contributed by atoms with Crippen molar-refractivity contribution < 1.29 is 9.53 Å². The van der Waals surface area contributed by atoms with Gasteiger partial charge >= 0.3 is 0 Å². The van der Waals surface area contributed by atoms with Crippen molar-refractivity contribution in [2.75, 3.05) is 24.3 Å². The van der Waals surface area contributed by atoms with Crippen molar-refractivity contribution in [3.05, 3.63) is 83.6 Å². The molecule has 2 N–H and O–H groups in total. The van der Waals surface area contributed by atoms with E-state index >= 15 is 0 Å². The standard InChI is InChI=1S/C24H27N3O2/c1-17(2)19-7-9-21(10-8-19)27-24(28)20-12-14-26-23(16-20)25-13-11-18-5-4-6-22(15-18)29-3/h4-10,12,14-17H,11,13H2,1-3H3,(H,25,26)(H,27,28). The molecule has 0 radical (unpaired) electrons. The number of methoxy groups -OCH3 is 1. The normalized spacial score (nSPS) is 10.6. The van der Waals surface area contributed by atoms with Gasteiger partial charge in [0, 0.05) is 24.0 Å². The molecule has 3 rings (SSSR count). The van der Waals surface area contributed by atoms with Crippen LogP contribution in [0.25, 0.3) is 0 Å². The van der Waals surface area contributed by atoms with Gasteiger partial charge in [-0.2, -0.15) is 0 Å². The van der Waals surface area contributed by atoms with Crippen LogP contribution >= 0.6 is 0 Å². The topological polar surface area (TPSA) is 63.2 Å². The highest BCUT2D eigenvalue weighted by molar-refractivity contribution is 6.04. The molecular formula is C24H27N3O2. The first-order valence-corrected chi connectivity index (χ1v) is 9.79. The Balaban J connectivity index is 1.57. The Hall–Kier alpha value is -3.34. The zero-order valence-corrected chi connectivity index (χ0v) is 17.1. The van der Waals surface area contributed by atoms with Crippen LogP contribution < -0.4 is 15.4 Å². The molecule has 0 unspecified atom stereocenters. The Morgan fingerprint density at radius 1 is 1.07 bits per heavy atom. The number of anilines is 2. The Morgan fingerprint density at radius 2 is 1.86 bits per heavy atom. The molecule has 29 heavy (non-hydrogen) atoms. The van der Waals surface area contributed by atoms with Crippen molar-refractivity contribution >= 4 is 17.4 Å². The molecule has 1 aromatic heterocycles. The Kier molecular flexibility index (Phi) is 6.85. The predicted octanol–water partition coefficient (Wildman–Crippen LogP) is 5.12. The lowest BCUT2D eigenvalue weighted by atomic mass is 10.0. The average molecular weight is 389 g/mol. The van der Waals surface area contributed by atoms with Crippen molar-refractivity contribution in [3.63, 3.8) is 0 Å². The smallest absolute Gasteiger partial charge is 0.255 e. The number of nitrogens with zero attached hydrogens (tertiary/aromatic N) is 1. The fourth-order valence-corrected chi connectivity index (χ4v) is 2.99. The molecule has 0 aliphatic rings. The fraction of sp³-hybridized carbons (Fsp3) is 0.250. The number of hydrogen-bond donors (Lipinski definition) is 2. The van der Waals surface area contributed by atoms with E-state index in [4.69, 9.17) is 4.74 Å². The van der Waals surface area contributed by atoms with Crippen LogP contribution in [0, 0.1) is 0 Å². The summed E-state index contributed by atoms with van der Waals surface area (Å²) >= 11 is 0. The molecule has 150 valence electrons. The lowest BCUT2D eigenvalue weighted by molar-refractivity contribution is 0.102. The lowest BCUT2D eigenvalue weighted by Crippen LogP contribution is -2.13. The third-order valence-electron chi connectivity index (χ3n) is 4.71. The van der Waals surface area contributed by atoms with Crippen LogP contribution in [0.3, 0.4) is 0 Å². The molecule has 0 saturated carbocycles. The summed E-state index contributed by atoms with van der Waals surface area (Å²) in [4.78, 5) is 16.9. The zero-order chi connectivity index (χ0) is 20.6. The van der Waals surface area contributed by atoms with Crippen molar-refractivity contribution in [1.29, 1.82) is 0 Å². The number of benzene rings is 2. The monoisotopic (exact) mass is 389 g/mol. The maximum atomic E-state index is 12.6. The van der Waals surface area contributed by atoms with Gasteiger partial charge in [-0.3, -0.25) is 4.79 Å². The molecule has 0 fully saturated rings. The molecule has 5 nitrogen and oxygen atoms in total. The van der Waals surface area contributed by atoms with E-state index in [0.29, 0.717) is 23.8 Å². The minimum Gasteiger partial charge on any atom is -0.497 e. The fourth-order valence-electron chi connectivity index (χ4n) is 2.99. The van der Waals surface area contributed by atoms with Gasteiger partial charge in [0.1, 0.15) is 11.6 Å². The molecule has 2 aromatic carbocycles. The highest BCUT2D eigenvalue weighted by atomic mass is 16.5. The van der Waals surface area contributed by atoms with Gasteiger partial charge in [-0.15, -0.1) is 0 Å². The largest absolute Gasteiger partial charge is 0.497 e. The van der Waals surface area contributed by atoms with E-state index in [2.05, 4.69) is 35.5 Å². The maximum absolute atomic E-state index is 12.6. The van der Waals surface area contributed by atoms with E-state index in [1.807, 2.05) is 42.5 Å². The molecule has 0 saturated heterocycles. The van der Waals surface area contributed by atoms with Crippen LogP contribution in [0.4, 0.5) is 11.5 Å². The van der Waals surface area contributed by atoms with Gasteiger partial charge in [-0.05, 0) is 59.9 Å². The van der Waals surface area contributed by atoms with Gasteiger partial charge in [-0.1, -0.05) is 38.1 Å². The molecular weight excluding hydrogens is 362 g/mol. The van der Waals surface area contributed by atoms with Crippen molar-refractivity contribution in [3.8, 4) is 5.75 Å². The van der Waals surface area contributed by atoms with Crippen LogP contribution in [-0.4, -0.2) is 24.5 Å². The second-order valence-corrected chi connectivity index (χ2v) is 7.19. The summed E-state index contributed by atoms with van der Waals surface area (Å²) in [5, 5.41) is 6.22. The van der Waals surface area contributed by atoms with Crippen molar-refractivity contribution in [2.24, 2.45) is 0 Å². The number of carbonyl (C=O) groups is 1. The summed E-state index contributed by atoms with van der Waals surface area (Å²) in [5.74, 6) is 1.84. The molecule has 0 spiro atoms. The Bertz CT molecular complexity index is 952. The minimum absolute atomic E-state index is 0.152. The molecule has 0 aliphatic carbocycles. The quantitative estimate of drug-likeness (QED) is 0.561. The molecule has 3 aromatic rings.